The monoisotopic (exact) mass is 423 g/mol. The number of halogens is 2. The average Bonchev–Trinajstić information content (AvgIpc) is 2.54. The third-order valence-electron chi connectivity index (χ3n) is 3.73. The molecule has 0 radical (unpaired) electrons. The molecule has 134 valence electrons. The first kappa shape index (κ1) is 19.8. The Morgan fingerprint density at radius 1 is 1.16 bits per heavy atom. The highest BCUT2D eigenvalue weighted by atomic mass is 79.9. The molecule has 0 unspecified atom stereocenters. The molecule has 1 amide bonds. The molecule has 0 bridgehead atoms. The molecule has 0 saturated carbocycles. The maximum absolute atomic E-state index is 11.9. The molecule has 0 aromatic heterocycles. The zero-order valence-corrected chi connectivity index (χ0v) is 17.1. The van der Waals surface area contributed by atoms with Gasteiger partial charge in [0, 0.05) is 17.1 Å². The summed E-state index contributed by atoms with van der Waals surface area (Å²) in [6.45, 7) is 7.01. The van der Waals surface area contributed by atoms with Crippen LogP contribution in [0.15, 0.2) is 46.9 Å². The molecule has 3 nitrogen and oxygen atoms in total. The highest BCUT2D eigenvalue weighted by molar-refractivity contribution is 9.10. The lowest BCUT2D eigenvalue weighted by Crippen LogP contribution is -2.13. The number of carbonyl (C=O) groups excluding carboxylic acids is 1. The van der Waals surface area contributed by atoms with Crippen molar-refractivity contribution in [3.63, 3.8) is 0 Å². The van der Waals surface area contributed by atoms with Crippen LogP contribution in [0.2, 0.25) is 5.02 Å². The molecule has 0 aliphatic heterocycles. The third-order valence-corrected chi connectivity index (χ3v) is 4.60. The van der Waals surface area contributed by atoms with Crippen molar-refractivity contribution in [2.24, 2.45) is 0 Å². The fourth-order valence-electron chi connectivity index (χ4n) is 2.26. The van der Waals surface area contributed by atoms with E-state index in [0.29, 0.717) is 24.5 Å². The van der Waals surface area contributed by atoms with E-state index in [1.165, 1.54) is 5.56 Å². The van der Waals surface area contributed by atoms with Gasteiger partial charge in [0.25, 0.3) is 0 Å². The van der Waals surface area contributed by atoms with Gasteiger partial charge in [-0.3, -0.25) is 4.79 Å². The predicted molar refractivity (Wildman–Crippen MR) is 108 cm³/mol. The highest BCUT2D eigenvalue weighted by Gasteiger charge is 2.15. The first-order valence-electron chi connectivity index (χ1n) is 8.24. The molecule has 0 spiro atoms. The molecule has 5 heteroatoms. The van der Waals surface area contributed by atoms with E-state index in [1.807, 2.05) is 6.07 Å². The lowest BCUT2D eigenvalue weighted by atomic mass is 9.87. The quantitative estimate of drug-likeness (QED) is 0.561. The molecule has 2 rings (SSSR count). The number of benzene rings is 2. The lowest BCUT2D eigenvalue weighted by molar-refractivity contribution is -0.116. The van der Waals surface area contributed by atoms with Crippen molar-refractivity contribution < 1.29 is 9.53 Å². The molecule has 0 heterocycles. The summed E-state index contributed by atoms with van der Waals surface area (Å²) in [7, 11) is 0. The molecule has 2 aromatic rings. The number of nitrogens with one attached hydrogen (secondary N) is 1. The van der Waals surface area contributed by atoms with Crippen molar-refractivity contribution in [2.75, 3.05) is 11.9 Å². The Morgan fingerprint density at radius 2 is 1.84 bits per heavy atom. The van der Waals surface area contributed by atoms with E-state index in [9.17, 15) is 4.79 Å². The number of ether oxygens (including phenoxy) is 1. The van der Waals surface area contributed by atoms with Crippen LogP contribution in [0.1, 0.15) is 39.2 Å². The van der Waals surface area contributed by atoms with Crippen molar-refractivity contribution in [3.05, 3.63) is 57.5 Å². The lowest BCUT2D eigenvalue weighted by Gasteiger charge is -2.20. The van der Waals surface area contributed by atoms with Gasteiger partial charge in [-0.1, -0.05) is 38.4 Å². The van der Waals surface area contributed by atoms with Crippen LogP contribution in [0.25, 0.3) is 0 Å². The fourth-order valence-corrected chi connectivity index (χ4v) is 2.88. The largest absolute Gasteiger partial charge is 0.492 e. The minimum atomic E-state index is -0.0342. The minimum Gasteiger partial charge on any atom is -0.492 e. The van der Waals surface area contributed by atoms with Crippen LogP contribution in [0.3, 0.4) is 0 Å². The molecule has 0 fully saturated rings. The zero-order chi connectivity index (χ0) is 18.4. The van der Waals surface area contributed by atoms with E-state index in [1.54, 1.807) is 24.3 Å². The van der Waals surface area contributed by atoms with Crippen LogP contribution in [0.5, 0.6) is 5.75 Å². The van der Waals surface area contributed by atoms with Crippen molar-refractivity contribution in [3.8, 4) is 5.75 Å². The smallest absolute Gasteiger partial charge is 0.224 e. The molecule has 1 N–H and O–H groups in total. The maximum Gasteiger partial charge on any atom is 0.224 e. The number of hydrogen-bond donors (Lipinski definition) is 1. The minimum absolute atomic E-state index is 0.0342. The van der Waals surface area contributed by atoms with Gasteiger partial charge in [-0.05, 0) is 69.7 Å². The predicted octanol–water partition coefficient (Wildman–Crippen LogP) is 6.20. The Kier molecular flexibility index (Phi) is 6.91. The number of rotatable bonds is 6. The number of anilines is 1. The molecule has 25 heavy (non-hydrogen) atoms. The number of carbonyl (C=O) groups is 1. The standard InChI is InChI=1S/C20H23BrClNO2/c1-20(2,3)14-6-11-18(17(21)13-14)25-12-4-5-19(24)23-16-9-7-15(22)8-10-16/h6-11,13H,4-5,12H2,1-3H3,(H,23,24). The molecular formula is C20H23BrClNO2. The van der Waals surface area contributed by atoms with Gasteiger partial charge in [-0.25, -0.2) is 0 Å². The molecule has 0 saturated heterocycles. The second kappa shape index (κ2) is 8.72. The molecule has 0 aliphatic rings. The second-order valence-electron chi connectivity index (χ2n) is 6.90. The van der Waals surface area contributed by atoms with E-state index in [-0.39, 0.29) is 11.3 Å². The van der Waals surface area contributed by atoms with Gasteiger partial charge in [0.2, 0.25) is 5.91 Å². The van der Waals surface area contributed by atoms with E-state index in [4.69, 9.17) is 16.3 Å². The van der Waals surface area contributed by atoms with Crippen LogP contribution >= 0.6 is 27.5 Å². The Balaban J connectivity index is 1.77. The van der Waals surface area contributed by atoms with Gasteiger partial charge < -0.3 is 10.1 Å². The van der Waals surface area contributed by atoms with Crippen molar-refractivity contribution in [1.29, 1.82) is 0 Å². The Morgan fingerprint density at radius 3 is 2.44 bits per heavy atom. The number of hydrogen-bond acceptors (Lipinski definition) is 2. The highest BCUT2D eigenvalue weighted by Crippen LogP contribution is 2.31. The maximum atomic E-state index is 11.9. The van der Waals surface area contributed by atoms with Crippen LogP contribution in [0, 0.1) is 0 Å². The summed E-state index contributed by atoms with van der Waals surface area (Å²) in [6.07, 6.45) is 1.05. The summed E-state index contributed by atoms with van der Waals surface area (Å²) < 4.78 is 6.71. The van der Waals surface area contributed by atoms with Gasteiger partial charge in [0.15, 0.2) is 0 Å². The summed E-state index contributed by atoms with van der Waals surface area (Å²) in [5.41, 5.74) is 2.09. The zero-order valence-electron chi connectivity index (χ0n) is 14.7. The van der Waals surface area contributed by atoms with Crippen LogP contribution in [-0.4, -0.2) is 12.5 Å². The van der Waals surface area contributed by atoms with Crippen molar-refractivity contribution in [1.82, 2.24) is 0 Å². The normalized spacial score (nSPS) is 11.2. The molecule has 0 atom stereocenters. The van der Waals surface area contributed by atoms with E-state index < -0.39 is 0 Å². The topological polar surface area (TPSA) is 38.3 Å². The molecular weight excluding hydrogens is 402 g/mol. The van der Waals surface area contributed by atoms with Crippen LogP contribution in [0.4, 0.5) is 5.69 Å². The second-order valence-corrected chi connectivity index (χ2v) is 8.19. The van der Waals surface area contributed by atoms with E-state index in [2.05, 4.69) is 54.2 Å². The van der Waals surface area contributed by atoms with Crippen molar-refractivity contribution in [2.45, 2.75) is 39.0 Å². The third kappa shape index (κ3) is 6.37. The summed E-state index contributed by atoms with van der Waals surface area (Å²) in [5, 5.41) is 3.49. The van der Waals surface area contributed by atoms with Crippen molar-refractivity contribution >= 4 is 39.1 Å². The van der Waals surface area contributed by atoms with Gasteiger partial charge in [0.1, 0.15) is 5.75 Å². The van der Waals surface area contributed by atoms with Gasteiger partial charge >= 0.3 is 0 Å². The SMILES string of the molecule is CC(C)(C)c1ccc(OCCCC(=O)Nc2ccc(Cl)cc2)c(Br)c1. The fraction of sp³-hybridized carbons (Fsp3) is 0.350. The summed E-state index contributed by atoms with van der Waals surface area (Å²) in [5.74, 6) is 0.763. The van der Waals surface area contributed by atoms with E-state index in [0.717, 1.165) is 15.9 Å². The van der Waals surface area contributed by atoms with E-state index >= 15 is 0 Å². The van der Waals surface area contributed by atoms with Gasteiger partial charge in [-0.2, -0.15) is 0 Å². The number of amides is 1. The molecule has 0 aliphatic carbocycles. The van der Waals surface area contributed by atoms with Gasteiger partial charge in [-0.15, -0.1) is 0 Å². The summed E-state index contributed by atoms with van der Waals surface area (Å²) in [6, 6.07) is 13.2. The first-order valence-corrected chi connectivity index (χ1v) is 9.41. The molecule has 2 aromatic carbocycles. The van der Waals surface area contributed by atoms with Gasteiger partial charge in [0.05, 0.1) is 11.1 Å². The first-order chi connectivity index (χ1) is 11.8. The Labute approximate surface area is 162 Å². The van der Waals surface area contributed by atoms with Crippen LogP contribution < -0.4 is 10.1 Å². The Hall–Kier alpha value is -1.52. The summed E-state index contributed by atoms with van der Waals surface area (Å²) in [4.78, 5) is 11.9. The Bertz CT molecular complexity index is 723. The summed E-state index contributed by atoms with van der Waals surface area (Å²) >= 11 is 9.38. The van der Waals surface area contributed by atoms with Crippen LogP contribution in [-0.2, 0) is 10.2 Å². The average molecular weight is 425 g/mol.